The molecule has 4 saturated carbocycles. The van der Waals surface area contributed by atoms with Gasteiger partial charge in [0, 0.05) is 12.3 Å². The highest BCUT2D eigenvalue weighted by Crippen LogP contribution is 2.62. The average Bonchev–Trinajstić information content (AvgIpc) is 2.97. The van der Waals surface area contributed by atoms with Crippen LogP contribution in [0.2, 0.25) is 0 Å². The lowest BCUT2D eigenvalue weighted by Crippen LogP contribution is -2.53. The van der Waals surface area contributed by atoms with E-state index in [0.717, 1.165) is 34.6 Å². The zero-order valence-electron chi connectivity index (χ0n) is 16.1. The van der Waals surface area contributed by atoms with Crippen LogP contribution in [0.5, 0.6) is 0 Å². The molecule has 0 radical (unpaired) electrons. The Hall–Kier alpha value is -1.88. The molecule has 2 N–H and O–H groups in total. The number of nitrogens with two attached hydrogens (primary N) is 1. The molecule has 4 aliphatic carbocycles. The summed E-state index contributed by atoms with van der Waals surface area (Å²) in [7, 11) is 0. The Bertz CT molecular complexity index is 836. The minimum absolute atomic E-state index is 0.0914. The highest BCUT2D eigenvalue weighted by molar-refractivity contribution is 5.76. The summed E-state index contributed by atoms with van der Waals surface area (Å²) in [5.74, 6) is 3.17. The largest absolute Gasteiger partial charge is 0.460 e. The Balaban J connectivity index is 1.53. The van der Waals surface area contributed by atoms with Gasteiger partial charge in [-0.2, -0.15) is 0 Å². The summed E-state index contributed by atoms with van der Waals surface area (Å²) in [5.41, 5.74) is 8.19. The van der Waals surface area contributed by atoms with Crippen LogP contribution in [0.25, 0.3) is 11.0 Å². The number of fused-ring (bicyclic) bond motifs is 1. The SMILES string of the molecule is CC(=O)OC(Cn1c(CN)nc2ccccc21)C12CC3CC(CC(C3)C1)C2. The van der Waals surface area contributed by atoms with Crippen LogP contribution in [-0.4, -0.2) is 21.6 Å². The second kappa shape index (κ2) is 6.33. The van der Waals surface area contributed by atoms with Gasteiger partial charge in [0.15, 0.2) is 0 Å². The molecule has 0 spiro atoms. The molecule has 6 rings (SSSR count). The van der Waals surface area contributed by atoms with E-state index in [9.17, 15) is 4.79 Å². The first-order valence-corrected chi connectivity index (χ1v) is 10.4. The maximum atomic E-state index is 12.0. The van der Waals surface area contributed by atoms with Crippen LogP contribution in [0.1, 0.15) is 51.3 Å². The highest BCUT2D eigenvalue weighted by Gasteiger charge is 2.55. The predicted molar refractivity (Wildman–Crippen MR) is 104 cm³/mol. The molecule has 5 heteroatoms. The van der Waals surface area contributed by atoms with Crippen LogP contribution in [-0.2, 0) is 22.6 Å². The monoisotopic (exact) mass is 367 g/mol. The number of aromatic nitrogens is 2. The number of esters is 1. The second-order valence-electron chi connectivity index (χ2n) is 9.21. The molecule has 2 aromatic rings. The number of rotatable bonds is 5. The number of nitrogens with zero attached hydrogens (tertiary/aromatic N) is 2. The molecule has 0 amide bonds. The Morgan fingerprint density at radius 1 is 1.22 bits per heavy atom. The molecule has 27 heavy (non-hydrogen) atoms. The lowest BCUT2D eigenvalue weighted by atomic mass is 9.48. The van der Waals surface area contributed by atoms with Crippen molar-refractivity contribution >= 4 is 17.0 Å². The standard InChI is InChI=1S/C22H29N3O2/c1-14(26)27-20(22-9-15-6-16(10-22)8-17(7-15)11-22)13-25-19-5-3-2-4-18(19)24-21(25)12-23/h2-5,15-17,20H,6-13,23H2,1H3. The van der Waals surface area contributed by atoms with E-state index in [1.165, 1.54) is 38.5 Å². The van der Waals surface area contributed by atoms with E-state index in [2.05, 4.69) is 10.6 Å². The molecule has 1 aromatic heterocycles. The average molecular weight is 367 g/mol. The molecule has 1 atom stereocenters. The van der Waals surface area contributed by atoms with Crippen LogP contribution in [0.3, 0.4) is 0 Å². The van der Waals surface area contributed by atoms with Crippen LogP contribution < -0.4 is 5.73 Å². The van der Waals surface area contributed by atoms with Gasteiger partial charge < -0.3 is 15.0 Å². The van der Waals surface area contributed by atoms with Crippen LogP contribution in [0, 0.1) is 23.2 Å². The first kappa shape index (κ1) is 17.2. The zero-order chi connectivity index (χ0) is 18.6. The van der Waals surface area contributed by atoms with E-state index in [1.54, 1.807) is 6.92 Å². The molecule has 144 valence electrons. The van der Waals surface area contributed by atoms with Gasteiger partial charge in [0.2, 0.25) is 0 Å². The van der Waals surface area contributed by atoms with E-state index < -0.39 is 0 Å². The molecule has 0 aliphatic heterocycles. The third-order valence-electron chi connectivity index (χ3n) is 7.34. The molecule has 4 aliphatic rings. The van der Waals surface area contributed by atoms with Gasteiger partial charge >= 0.3 is 5.97 Å². The molecule has 4 fully saturated rings. The number of para-hydroxylation sites is 2. The van der Waals surface area contributed by atoms with E-state index in [1.807, 2.05) is 18.2 Å². The molecule has 4 bridgehead atoms. The number of carbonyl (C=O) groups excluding carboxylic acids is 1. The summed E-state index contributed by atoms with van der Waals surface area (Å²) in [6.07, 6.45) is 7.69. The van der Waals surface area contributed by atoms with Crippen LogP contribution >= 0.6 is 0 Å². The van der Waals surface area contributed by atoms with Crippen molar-refractivity contribution in [3.8, 4) is 0 Å². The van der Waals surface area contributed by atoms with Crippen molar-refractivity contribution in [1.29, 1.82) is 0 Å². The van der Waals surface area contributed by atoms with Gasteiger partial charge in [-0.25, -0.2) is 4.98 Å². The maximum absolute atomic E-state index is 12.0. The first-order chi connectivity index (χ1) is 13.1. The Morgan fingerprint density at radius 2 is 1.85 bits per heavy atom. The Labute approximate surface area is 160 Å². The summed E-state index contributed by atoms with van der Waals surface area (Å²) in [4.78, 5) is 16.7. The molecule has 1 aromatic carbocycles. The number of hydrogen-bond donors (Lipinski definition) is 1. The Morgan fingerprint density at radius 3 is 2.44 bits per heavy atom. The van der Waals surface area contributed by atoms with Crippen molar-refractivity contribution in [1.82, 2.24) is 9.55 Å². The number of benzene rings is 1. The molecule has 1 heterocycles. The van der Waals surface area contributed by atoms with Crippen molar-refractivity contribution in [3.05, 3.63) is 30.1 Å². The van der Waals surface area contributed by atoms with Gasteiger partial charge in [0.1, 0.15) is 11.9 Å². The molecule has 5 nitrogen and oxygen atoms in total. The fourth-order valence-corrected chi connectivity index (χ4v) is 6.78. The Kier molecular flexibility index (Phi) is 4.04. The maximum Gasteiger partial charge on any atom is 0.302 e. The smallest absolute Gasteiger partial charge is 0.302 e. The summed E-state index contributed by atoms with van der Waals surface area (Å²) in [6, 6.07) is 8.15. The van der Waals surface area contributed by atoms with Crippen molar-refractivity contribution < 1.29 is 9.53 Å². The van der Waals surface area contributed by atoms with Gasteiger partial charge in [-0.3, -0.25) is 4.79 Å². The van der Waals surface area contributed by atoms with Gasteiger partial charge in [-0.1, -0.05) is 12.1 Å². The topological polar surface area (TPSA) is 70.1 Å². The van der Waals surface area contributed by atoms with Crippen LogP contribution in [0.4, 0.5) is 0 Å². The minimum atomic E-state index is -0.172. The highest BCUT2D eigenvalue weighted by atomic mass is 16.5. The van der Waals surface area contributed by atoms with Gasteiger partial charge in [0.05, 0.1) is 24.1 Å². The second-order valence-corrected chi connectivity index (χ2v) is 9.21. The van der Waals surface area contributed by atoms with Gasteiger partial charge in [0.25, 0.3) is 0 Å². The summed E-state index contributed by atoms with van der Waals surface area (Å²) in [5, 5.41) is 0. The first-order valence-electron chi connectivity index (χ1n) is 10.4. The third-order valence-corrected chi connectivity index (χ3v) is 7.34. The minimum Gasteiger partial charge on any atom is -0.460 e. The van der Waals surface area contributed by atoms with Crippen LogP contribution in [0.15, 0.2) is 24.3 Å². The number of carbonyl (C=O) groups is 1. The third kappa shape index (κ3) is 2.87. The summed E-state index contributed by atoms with van der Waals surface area (Å²) >= 11 is 0. The fourth-order valence-electron chi connectivity index (χ4n) is 6.78. The normalized spacial score (nSPS) is 32.7. The van der Waals surface area contributed by atoms with Crippen molar-refractivity contribution in [2.75, 3.05) is 0 Å². The quantitative estimate of drug-likeness (QED) is 0.819. The number of hydrogen-bond acceptors (Lipinski definition) is 4. The van der Waals surface area contributed by atoms with E-state index in [-0.39, 0.29) is 17.5 Å². The van der Waals surface area contributed by atoms with Crippen molar-refractivity contribution in [3.63, 3.8) is 0 Å². The van der Waals surface area contributed by atoms with Crippen molar-refractivity contribution in [2.24, 2.45) is 28.9 Å². The van der Waals surface area contributed by atoms with E-state index >= 15 is 0 Å². The molecule has 1 unspecified atom stereocenters. The lowest BCUT2D eigenvalue weighted by molar-refractivity contribution is -0.173. The van der Waals surface area contributed by atoms with E-state index in [0.29, 0.717) is 13.1 Å². The van der Waals surface area contributed by atoms with Gasteiger partial charge in [-0.15, -0.1) is 0 Å². The predicted octanol–water partition coefficient (Wildman–Crippen LogP) is 3.64. The molecule has 0 saturated heterocycles. The summed E-state index contributed by atoms with van der Waals surface area (Å²) in [6.45, 7) is 2.60. The lowest BCUT2D eigenvalue weighted by Gasteiger charge is -2.58. The van der Waals surface area contributed by atoms with Crippen molar-refractivity contribution in [2.45, 2.75) is 64.6 Å². The number of ether oxygens (including phenoxy) is 1. The number of imidazole rings is 1. The van der Waals surface area contributed by atoms with E-state index in [4.69, 9.17) is 15.5 Å². The van der Waals surface area contributed by atoms with Gasteiger partial charge in [-0.05, 0) is 68.4 Å². The zero-order valence-corrected chi connectivity index (χ0v) is 16.1. The molecular weight excluding hydrogens is 338 g/mol. The fraction of sp³-hybridized carbons (Fsp3) is 0.636. The molecular formula is C22H29N3O2. The summed E-state index contributed by atoms with van der Waals surface area (Å²) < 4.78 is 8.22.